The predicted octanol–water partition coefficient (Wildman–Crippen LogP) is 6.24. The van der Waals surface area contributed by atoms with Crippen molar-refractivity contribution in [2.24, 2.45) is 40.9 Å². The minimum Gasteiger partial charge on any atom is -0.481 e. The van der Waals surface area contributed by atoms with Gasteiger partial charge in [0, 0.05) is 0 Å². The summed E-state index contributed by atoms with van der Waals surface area (Å²) in [5.74, 6) is -3.91. The molecule has 0 spiro atoms. The molecule has 3 saturated carbocycles. The number of carboxylic acids is 2. The van der Waals surface area contributed by atoms with Crippen molar-refractivity contribution in [2.75, 3.05) is 0 Å². The van der Waals surface area contributed by atoms with Crippen LogP contribution < -0.4 is 0 Å². The molecule has 0 aliphatic heterocycles. The van der Waals surface area contributed by atoms with Crippen LogP contribution in [0.5, 0.6) is 0 Å². The Morgan fingerprint density at radius 1 is 0.692 bits per heavy atom. The maximum atomic E-state index is 12.8. The smallest absolute Gasteiger partial charge is 0.310 e. The SMILES string of the molecule is CCC(C(=O)O)C(CC)C(=O)OC1CCC(C(C)(C)C2CCC(OC(=O)C3CCCCC3C(=O)O)CC2)CC1. The first kappa shape index (κ1) is 31.4. The second-order valence-electron chi connectivity index (χ2n) is 12.8. The molecular formula is C31H50O8. The van der Waals surface area contributed by atoms with Crippen molar-refractivity contribution >= 4 is 23.9 Å². The first-order valence-electron chi connectivity index (χ1n) is 15.4. The molecule has 8 nitrogen and oxygen atoms in total. The Bertz CT molecular complexity index is 797. The van der Waals surface area contributed by atoms with E-state index in [9.17, 15) is 29.4 Å². The van der Waals surface area contributed by atoms with Gasteiger partial charge in [0.05, 0.1) is 23.7 Å². The lowest BCUT2D eigenvalue weighted by atomic mass is 9.60. The van der Waals surface area contributed by atoms with Gasteiger partial charge in [-0.1, -0.05) is 40.5 Å². The zero-order chi connectivity index (χ0) is 28.7. The van der Waals surface area contributed by atoms with E-state index in [1.807, 2.05) is 6.92 Å². The second-order valence-corrected chi connectivity index (χ2v) is 12.8. The van der Waals surface area contributed by atoms with Gasteiger partial charge in [0.1, 0.15) is 12.2 Å². The maximum Gasteiger partial charge on any atom is 0.310 e. The summed E-state index contributed by atoms with van der Waals surface area (Å²) in [7, 11) is 0. The Labute approximate surface area is 233 Å². The van der Waals surface area contributed by atoms with E-state index >= 15 is 0 Å². The number of carboxylic acid groups (broad SMARTS) is 2. The van der Waals surface area contributed by atoms with E-state index in [-0.39, 0.29) is 29.6 Å². The second kappa shape index (κ2) is 14.0. The van der Waals surface area contributed by atoms with E-state index in [0.717, 1.165) is 64.2 Å². The highest BCUT2D eigenvalue weighted by Gasteiger charge is 2.43. The molecule has 0 radical (unpaired) electrons. The highest BCUT2D eigenvalue weighted by Crippen LogP contribution is 2.49. The van der Waals surface area contributed by atoms with Crippen LogP contribution in [0, 0.1) is 40.9 Å². The quantitative estimate of drug-likeness (QED) is 0.289. The van der Waals surface area contributed by atoms with Crippen LogP contribution in [-0.2, 0) is 28.7 Å². The molecule has 0 bridgehead atoms. The van der Waals surface area contributed by atoms with Crippen LogP contribution in [0.3, 0.4) is 0 Å². The molecule has 0 aromatic rings. The van der Waals surface area contributed by atoms with Crippen LogP contribution in [0.1, 0.15) is 118 Å². The summed E-state index contributed by atoms with van der Waals surface area (Å²) in [5, 5.41) is 19.0. The molecular weight excluding hydrogens is 500 g/mol. The van der Waals surface area contributed by atoms with E-state index in [2.05, 4.69) is 13.8 Å². The normalized spacial score (nSPS) is 31.5. The van der Waals surface area contributed by atoms with Crippen molar-refractivity contribution in [1.29, 1.82) is 0 Å². The molecule has 8 heteroatoms. The Morgan fingerprint density at radius 3 is 1.59 bits per heavy atom. The van der Waals surface area contributed by atoms with Crippen LogP contribution in [0.15, 0.2) is 0 Å². The van der Waals surface area contributed by atoms with Crippen molar-refractivity contribution in [1.82, 2.24) is 0 Å². The average Bonchev–Trinajstić information content (AvgIpc) is 2.91. The van der Waals surface area contributed by atoms with E-state index in [1.165, 1.54) is 0 Å². The molecule has 3 aliphatic rings. The van der Waals surface area contributed by atoms with Gasteiger partial charge in [0.15, 0.2) is 0 Å². The summed E-state index contributed by atoms with van der Waals surface area (Å²) in [6.07, 6.45) is 10.7. The molecule has 222 valence electrons. The van der Waals surface area contributed by atoms with Crippen LogP contribution in [0.4, 0.5) is 0 Å². The third-order valence-electron chi connectivity index (χ3n) is 10.4. The van der Waals surface area contributed by atoms with Gasteiger partial charge < -0.3 is 19.7 Å². The van der Waals surface area contributed by atoms with Gasteiger partial charge in [-0.25, -0.2) is 0 Å². The number of hydrogen-bond donors (Lipinski definition) is 2. The highest BCUT2D eigenvalue weighted by molar-refractivity contribution is 5.82. The van der Waals surface area contributed by atoms with Crippen molar-refractivity contribution in [2.45, 2.75) is 130 Å². The summed E-state index contributed by atoms with van der Waals surface area (Å²) >= 11 is 0. The average molecular weight is 551 g/mol. The first-order chi connectivity index (χ1) is 18.5. The first-order valence-corrected chi connectivity index (χ1v) is 15.4. The molecule has 0 aromatic carbocycles. The van der Waals surface area contributed by atoms with Crippen LogP contribution in [-0.4, -0.2) is 46.3 Å². The van der Waals surface area contributed by atoms with Crippen molar-refractivity contribution < 1.29 is 38.9 Å². The monoisotopic (exact) mass is 550 g/mol. The van der Waals surface area contributed by atoms with E-state index < -0.39 is 35.6 Å². The van der Waals surface area contributed by atoms with Crippen molar-refractivity contribution in [3.8, 4) is 0 Å². The van der Waals surface area contributed by atoms with E-state index in [1.54, 1.807) is 6.92 Å². The Balaban J connectivity index is 1.46. The van der Waals surface area contributed by atoms with Crippen LogP contribution >= 0.6 is 0 Å². The van der Waals surface area contributed by atoms with E-state index in [4.69, 9.17) is 9.47 Å². The van der Waals surface area contributed by atoms with Gasteiger partial charge in [-0.05, 0) is 94.3 Å². The number of ether oxygens (including phenoxy) is 2. The Hall–Kier alpha value is -2.12. The topological polar surface area (TPSA) is 127 Å². The van der Waals surface area contributed by atoms with Crippen molar-refractivity contribution in [3.05, 3.63) is 0 Å². The molecule has 2 N–H and O–H groups in total. The number of esters is 2. The third kappa shape index (κ3) is 7.75. The minimum atomic E-state index is -0.935. The minimum absolute atomic E-state index is 0.115. The van der Waals surface area contributed by atoms with Gasteiger partial charge in [0.2, 0.25) is 0 Å². The standard InChI is InChI=1S/C31H50O8/c1-5-23(27(32)33)24(6-2)29(36)38-21-15-11-19(12-16-21)31(3,4)20-13-17-22(18-14-20)39-30(37)26-10-8-7-9-25(26)28(34)35/h19-26H,5-18H2,1-4H3,(H,32,33)(H,34,35). The number of carbonyl (C=O) groups is 4. The zero-order valence-electron chi connectivity index (χ0n) is 24.4. The van der Waals surface area contributed by atoms with E-state index in [0.29, 0.717) is 37.5 Å². The van der Waals surface area contributed by atoms with Gasteiger partial charge in [-0.2, -0.15) is 0 Å². The Morgan fingerprint density at radius 2 is 1.15 bits per heavy atom. The number of carbonyl (C=O) groups excluding carboxylic acids is 2. The molecule has 4 unspecified atom stereocenters. The Kier molecular flexibility index (Phi) is 11.3. The van der Waals surface area contributed by atoms with Crippen LogP contribution in [0.2, 0.25) is 0 Å². The van der Waals surface area contributed by atoms with Crippen molar-refractivity contribution in [3.63, 3.8) is 0 Å². The van der Waals surface area contributed by atoms with Gasteiger partial charge in [-0.15, -0.1) is 0 Å². The molecule has 0 amide bonds. The van der Waals surface area contributed by atoms with Gasteiger partial charge >= 0.3 is 23.9 Å². The molecule has 3 fully saturated rings. The molecule has 4 atom stereocenters. The lowest BCUT2D eigenvalue weighted by Gasteiger charge is -2.46. The largest absolute Gasteiger partial charge is 0.481 e. The predicted molar refractivity (Wildman–Crippen MR) is 146 cm³/mol. The number of aliphatic carboxylic acids is 2. The fourth-order valence-electron chi connectivity index (χ4n) is 7.64. The molecule has 0 saturated heterocycles. The molecule has 39 heavy (non-hydrogen) atoms. The third-order valence-corrected chi connectivity index (χ3v) is 10.4. The molecule has 3 aliphatic carbocycles. The fraction of sp³-hybridized carbons (Fsp3) is 0.871. The summed E-state index contributed by atoms with van der Waals surface area (Å²) < 4.78 is 11.7. The lowest BCUT2D eigenvalue weighted by molar-refractivity contribution is -0.166. The van der Waals surface area contributed by atoms with Crippen LogP contribution in [0.25, 0.3) is 0 Å². The molecule has 0 aromatic heterocycles. The fourth-order valence-corrected chi connectivity index (χ4v) is 7.64. The zero-order valence-corrected chi connectivity index (χ0v) is 24.4. The number of rotatable bonds is 11. The molecule has 3 rings (SSSR count). The summed E-state index contributed by atoms with van der Waals surface area (Å²) in [6, 6.07) is 0. The van der Waals surface area contributed by atoms with Gasteiger partial charge in [-0.3, -0.25) is 19.2 Å². The summed E-state index contributed by atoms with van der Waals surface area (Å²) in [4.78, 5) is 48.7. The summed E-state index contributed by atoms with van der Waals surface area (Å²) in [6.45, 7) is 8.32. The lowest BCUT2D eigenvalue weighted by Crippen LogP contribution is -2.41. The van der Waals surface area contributed by atoms with Gasteiger partial charge in [0.25, 0.3) is 0 Å². The summed E-state index contributed by atoms with van der Waals surface area (Å²) in [5.41, 5.74) is 0.115. The maximum absolute atomic E-state index is 12.8. The molecule has 0 heterocycles. The highest BCUT2D eigenvalue weighted by atomic mass is 16.5. The number of hydrogen-bond acceptors (Lipinski definition) is 6.